The van der Waals surface area contributed by atoms with E-state index in [1.54, 1.807) is 17.5 Å². The summed E-state index contributed by atoms with van der Waals surface area (Å²) in [6, 6.07) is 5.73. The first-order valence-electron chi connectivity index (χ1n) is 10.9. The molecule has 1 fully saturated rings. The fourth-order valence-electron chi connectivity index (χ4n) is 4.20. The van der Waals surface area contributed by atoms with Crippen LogP contribution in [0.4, 0.5) is 5.82 Å². The van der Waals surface area contributed by atoms with Gasteiger partial charge in [-0.2, -0.15) is 0 Å². The van der Waals surface area contributed by atoms with Crippen molar-refractivity contribution < 1.29 is 14.3 Å². The number of nitrogens with zero attached hydrogens (tertiary/aromatic N) is 2. The molecule has 160 valence electrons. The first-order valence-corrected chi connectivity index (χ1v) is 11.8. The summed E-state index contributed by atoms with van der Waals surface area (Å²) < 4.78 is 5.97. The van der Waals surface area contributed by atoms with Crippen LogP contribution in [0.5, 0.6) is 5.75 Å². The molecule has 0 unspecified atom stereocenters. The van der Waals surface area contributed by atoms with Crippen LogP contribution in [0.25, 0.3) is 0 Å². The second-order valence-corrected chi connectivity index (χ2v) is 9.15. The number of hydrogen-bond acceptors (Lipinski definition) is 5. The van der Waals surface area contributed by atoms with Crippen LogP contribution >= 0.6 is 11.3 Å². The summed E-state index contributed by atoms with van der Waals surface area (Å²) in [5.41, 5.74) is 1.23. The van der Waals surface area contributed by atoms with E-state index >= 15 is 0 Å². The van der Waals surface area contributed by atoms with Crippen molar-refractivity contribution in [3.63, 3.8) is 0 Å². The van der Waals surface area contributed by atoms with Gasteiger partial charge in [-0.1, -0.05) is 19.3 Å². The van der Waals surface area contributed by atoms with Crippen LogP contribution in [0.2, 0.25) is 0 Å². The van der Waals surface area contributed by atoms with Crippen molar-refractivity contribution in [2.75, 3.05) is 18.5 Å². The molecule has 4 rings (SSSR count). The van der Waals surface area contributed by atoms with E-state index in [2.05, 4.69) is 21.7 Å². The number of anilines is 1. The van der Waals surface area contributed by atoms with Gasteiger partial charge in [0.15, 0.2) is 11.6 Å². The highest BCUT2D eigenvalue weighted by Crippen LogP contribution is 2.27. The van der Waals surface area contributed by atoms with E-state index in [0.29, 0.717) is 30.6 Å². The first kappa shape index (κ1) is 20.8. The Labute approximate surface area is 181 Å². The first-order chi connectivity index (χ1) is 14.7. The number of pyridine rings is 1. The van der Waals surface area contributed by atoms with Gasteiger partial charge in [-0.3, -0.25) is 9.59 Å². The minimum absolute atomic E-state index is 0.0248. The van der Waals surface area contributed by atoms with Crippen molar-refractivity contribution >= 4 is 29.0 Å². The van der Waals surface area contributed by atoms with Crippen molar-refractivity contribution in [1.29, 1.82) is 0 Å². The van der Waals surface area contributed by atoms with Gasteiger partial charge in [0.05, 0.1) is 6.61 Å². The third-order valence-corrected chi connectivity index (χ3v) is 6.98. The van der Waals surface area contributed by atoms with Gasteiger partial charge in [-0.25, -0.2) is 4.98 Å². The highest BCUT2D eigenvalue weighted by molar-refractivity contribution is 7.10. The molecule has 1 aliphatic heterocycles. The molecule has 2 amide bonds. The Hall–Kier alpha value is -2.41. The monoisotopic (exact) mass is 427 g/mol. The summed E-state index contributed by atoms with van der Waals surface area (Å²) in [6.07, 6.45) is 9.14. The average molecular weight is 428 g/mol. The van der Waals surface area contributed by atoms with E-state index in [4.69, 9.17) is 4.74 Å². The topological polar surface area (TPSA) is 71.5 Å². The van der Waals surface area contributed by atoms with Gasteiger partial charge < -0.3 is 15.0 Å². The number of hydrogen-bond donors (Lipinski definition) is 1. The van der Waals surface area contributed by atoms with Crippen molar-refractivity contribution in [2.24, 2.45) is 5.92 Å². The Kier molecular flexibility index (Phi) is 7.00. The largest absolute Gasteiger partial charge is 0.489 e. The van der Waals surface area contributed by atoms with Gasteiger partial charge in [0.2, 0.25) is 11.8 Å². The summed E-state index contributed by atoms with van der Waals surface area (Å²) in [5, 5.41) is 4.90. The van der Waals surface area contributed by atoms with Crippen molar-refractivity contribution in [1.82, 2.24) is 9.88 Å². The molecule has 0 radical (unpaired) electrons. The molecule has 30 heavy (non-hydrogen) atoms. The molecule has 2 aromatic rings. The Balaban J connectivity index is 1.25. The molecule has 0 spiro atoms. The number of nitrogens with one attached hydrogen (secondary N) is 1. The van der Waals surface area contributed by atoms with Gasteiger partial charge in [0, 0.05) is 37.0 Å². The van der Waals surface area contributed by atoms with Crippen molar-refractivity contribution in [3.8, 4) is 5.75 Å². The predicted molar refractivity (Wildman–Crippen MR) is 118 cm³/mol. The highest BCUT2D eigenvalue weighted by atomic mass is 32.1. The standard InChI is InChI=1S/C23H29N3O3S/c27-21(8-9-22(28)26-13-10-20-18(15-26)11-14-30-20)25-23-19(7-4-12-24-23)29-16-17-5-2-1-3-6-17/h4,7,11-12,14,17H,1-3,5-6,8-10,13,15-16H2,(H,24,25,27). The molecule has 0 aromatic carbocycles. The van der Waals surface area contributed by atoms with Gasteiger partial charge in [-0.15, -0.1) is 11.3 Å². The van der Waals surface area contributed by atoms with Crippen LogP contribution in [0, 0.1) is 5.92 Å². The molecule has 6 nitrogen and oxygen atoms in total. The van der Waals surface area contributed by atoms with Crippen molar-refractivity contribution in [3.05, 3.63) is 40.2 Å². The summed E-state index contributed by atoms with van der Waals surface area (Å²) in [4.78, 5) is 32.5. The normalized spacial score (nSPS) is 16.7. The molecule has 1 saturated carbocycles. The number of ether oxygens (including phenoxy) is 1. The predicted octanol–water partition coefficient (Wildman–Crippen LogP) is 4.41. The Morgan fingerprint density at radius 2 is 2.07 bits per heavy atom. The lowest BCUT2D eigenvalue weighted by Crippen LogP contribution is -2.35. The van der Waals surface area contributed by atoms with Gasteiger partial charge in [0.25, 0.3) is 0 Å². The molecule has 1 aliphatic carbocycles. The molecule has 3 heterocycles. The lowest BCUT2D eigenvalue weighted by Gasteiger charge is -2.27. The number of aromatic nitrogens is 1. The molecule has 0 atom stereocenters. The fourth-order valence-corrected chi connectivity index (χ4v) is 5.09. The molecule has 0 saturated heterocycles. The molecule has 7 heteroatoms. The van der Waals surface area contributed by atoms with E-state index < -0.39 is 0 Å². The zero-order valence-electron chi connectivity index (χ0n) is 17.3. The molecular weight excluding hydrogens is 398 g/mol. The number of thiophene rings is 1. The van der Waals surface area contributed by atoms with E-state index in [0.717, 1.165) is 13.0 Å². The lowest BCUT2D eigenvalue weighted by molar-refractivity contribution is -0.133. The lowest BCUT2D eigenvalue weighted by atomic mass is 9.90. The van der Waals surface area contributed by atoms with Crippen LogP contribution in [0.1, 0.15) is 55.4 Å². The molecule has 1 N–H and O–H groups in total. The quantitative estimate of drug-likeness (QED) is 0.711. The Morgan fingerprint density at radius 3 is 2.93 bits per heavy atom. The third kappa shape index (κ3) is 5.39. The summed E-state index contributed by atoms with van der Waals surface area (Å²) in [7, 11) is 0. The zero-order valence-corrected chi connectivity index (χ0v) is 18.1. The van der Waals surface area contributed by atoms with Crippen molar-refractivity contribution in [2.45, 2.75) is 57.9 Å². The average Bonchev–Trinajstić information content (AvgIpc) is 3.25. The number of rotatable bonds is 7. The Bertz CT molecular complexity index is 876. The van der Waals surface area contributed by atoms with Crippen LogP contribution in [-0.4, -0.2) is 34.8 Å². The molecule has 0 bridgehead atoms. The van der Waals surface area contributed by atoms with E-state index in [9.17, 15) is 9.59 Å². The van der Waals surface area contributed by atoms with Crippen LogP contribution < -0.4 is 10.1 Å². The summed E-state index contributed by atoms with van der Waals surface area (Å²) in [6.45, 7) is 2.04. The SMILES string of the molecule is O=C(CCC(=O)N1CCc2sccc2C1)Nc1ncccc1OCC1CCCCC1. The third-order valence-electron chi connectivity index (χ3n) is 5.95. The maximum absolute atomic E-state index is 12.5. The van der Waals surface area contributed by atoms with E-state index in [1.165, 1.54) is 42.5 Å². The van der Waals surface area contributed by atoms with Crippen LogP contribution in [0.15, 0.2) is 29.8 Å². The number of amides is 2. The fraction of sp³-hybridized carbons (Fsp3) is 0.522. The molecule has 2 aromatic heterocycles. The van der Waals surface area contributed by atoms with Crippen LogP contribution in [-0.2, 0) is 22.6 Å². The van der Waals surface area contributed by atoms with Crippen LogP contribution in [0.3, 0.4) is 0 Å². The second kappa shape index (κ2) is 10.1. The minimum atomic E-state index is -0.210. The zero-order chi connectivity index (χ0) is 20.8. The maximum Gasteiger partial charge on any atom is 0.226 e. The van der Waals surface area contributed by atoms with Gasteiger partial charge in [-0.05, 0) is 54.3 Å². The van der Waals surface area contributed by atoms with E-state index in [1.807, 2.05) is 17.0 Å². The smallest absolute Gasteiger partial charge is 0.226 e. The minimum Gasteiger partial charge on any atom is -0.489 e. The second-order valence-electron chi connectivity index (χ2n) is 8.15. The summed E-state index contributed by atoms with van der Waals surface area (Å²) in [5.74, 6) is 1.43. The van der Waals surface area contributed by atoms with E-state index in [-0.39, 0.29) is 24.7 Å². The highest BCUT2D eigenvalue weighted by Gasteiger charge is 2.22. The molecule has 2 aliphatic rings. The van der Waals surface area contributed by atoms with Gasteiger partial charge in [0.1, 0.15) is 0 Å². The number of carbonyl (C=O) groups excluding carboxylic acids is 2. The van der Waals surface area contributed by atoms with Gasteiger partial charge >= 0.3 is 0 Å². The summed E-state index contributed by atoms with van der Waals surface area (Å²) >= 11 is 1.75. The maximum atomic E-state index is 12.5. The number of fused-ring (bicyclic) bond motifs is 1. The Morgan fingerprint density at radius 1 is 1.20 bits per heavy atom. The molecular formula is C23H29N3O3S. The number of carbonyl (C=O) groups is 2.